The van der Waals surface area contributed by atoms with Crippen LogP contribution >= 0.6 is 0 Å². The zero-order valence-corrected chi connectivity index (χ0v) is 12.3. The first-order valence-corrected chi connectivity index (χ1v) is 6.59. The third-order valence-corrected chi connectivity index (χ3v) is 2.31. The molecule has 0 bridgehead atoms. The van der Waals surface area contributed by atoms with E-state index in [0.717, 1.165) is 0 Å². The summed E-state index contributed by atoms with van der Waals surface area (Å²) in [7, 11) is 0. The number of carbonyl (C=O) groups excluding carboxylic acids is 5. The maximum Gasteiger partial charge on any atom is 0.534 e. The predicted molar refractivity (Wildman–Crippen MR) is 67.5 cm³/mol. The lowest BCUT2D eigenvalue weighted by Gasteiger charge is -2.12. The van der Waals surface area contributed by atoms with Crippen LogP contribution in [0.1, 0.15) is 19.8 Å². The lowest BCUT2D eigenvalue weighted by Crippen LogP contribution is -2.32. The molecule has 1 fully saturated rings. The first kappa shape index (κ1) is 18.2. The Bertz CT molecular complexity index is 472. The second-order valence-electron chi connectivity index (χ2n) is 3.96. The maximum atomic E-state index is 11.2. The van der Waals surface area contributed by atoms with E-state index in [0.29, 0.717) is 5.06 Å². The summed E-state index contributed by atoms with van der Waals surface area (Å²) in [6, 6.07) is 0. The van der Waals surface area contributed by atoms with E-state index in [1.165, 1.54) is 0 Å². The maximum absolute atomic E-state index is 11.2. The average molecular weight is 333 g/mol. The van der Waals surface area contributed by atoms with E-state index >= 15 is 0 Å². The molecule has 11 heteroatoms. The molecule has 0 N–H and O–H groups in total. The molecule has 2 amide bonds. The van der Waals surface area contributed by atoms with E-state index in [4.69, 9.17) is 0 Å². The van der Waals surface area contributed by atoms with Crippen molar-refractivity contribution in [1.82, 2.24) is 5.06 Å². The molecule has 0 aliphatic carbocycles. The standard InChI is InChI=1S/C12H15NO10/c1-2-19-11(17)22-7-10(16)20-5-6-21-12(18)23-13-8(14)3-4-9(13)15/h2-7H2,1H3. The fraction of sp³-hybridized carbons (Fsp3) is 0.583. The minimum absolute atomic E-state index is 0.0375. The van der Waals surface area contributed by atoms with Gasteiger partial charge in [-0.15, -0.1) is 0 Å². The van der Waals surface area contributed by atoms with Gasteiger partial charge in [0.25, 0.3) is 11.8 Å². The molecular weight excluding hydrogens is 318 g/mol. The molecular formula is C12H15NO10. The number of hydroxylamine groups is 2. The van der Waals surface area contributed by atoms with Gasteiger partial charge in [-0.1, -0.05) is 5.06 Å². The molecule has 0 spiro atoms. The van der Waals surface area contributed by atoms with E-state index in [9.17, 15) is 24.0 Å². The third-order valence-electron chi connectivity index (χ3n) is 2.31. The Balaban J connectivity index is 2.11. The minimum atomic E-state index is -1.28. The van der Waals surface area contributed by atoms with Crippen LogP contribution < -0.4 is 0 Å². The Hall–Kier alpha value is -2.85. The summed E-state index contributed by atoms with van der Waals surface area (Å²) in [6.45, 7) is 0.313. The van der Waals surface area contributed by atoms with E-state index in [1.807, 2.05) is 0 Å². The molecule has 1 rings (SSSR count). The average Bonchev–Trinajstić information content (AvgIpc) is 2.82. The number of amides is 2. The van der Waals surface area contributed by atoms with Crippen LogP contribution in [0.3, 0.4) is 0 Å². The van der Waals surface area contributed by atoms with Gasteiger partial charge >= 0.3 is 18.3 Å². The van der Waals surface area contributed by atoms with Crippen molar-refractivity contribution in [3.8, 4) is 0 Å². The molecule has 0 saturated carbocycles. The molecule has 1 aliphatic rings. The normalized spacial score (nSPS) is 13.5. The molecule has 1 heterocycles. The summed E-state index contributed by atoms with van der Waals surface area (Å²) >= 11 is 0. The molecule has 0 aromatic heterocycles. The smallest absolute Gasteiger partial charge is 0.460 e. The van der Waals surface area contributed by atoms with Crippen LogP contribution in [0.2, 0.25) is 0 Å². The van der Waals surface area contributed by atoms with Gasteiger partial charge in [-0.25, -0.2) is 14.4 Å². The van der Waals surface area contributed by atoms with Crippen LogP contribution in [-0.4, -0.2) is 61.6 Å². The molecule has 23 heavy (non-hydrogen) atoms. The lowest BCUT2D eigenvalue weighted by atomic mass is 10.4. The van der Waals surface area contributed by atoms with Gasteiger partial charge in [-0.2, -0.15) is 0 Å². The second-order valence-corrected chi connectivity index (χ2v) is 3.96. The number of rotatable bonds is 7. The van der Waals surface area contributed by atoms with Crippen molar-refractivity contribution in [1.29, 1.82) is 0 Å². The van der Waals surface area contributed by atoms with E-state index in [-0.39, 0.29) is 32.7 Å². The van der Waals surface area contributed by atoms with Gasteiger partial charge in [-0.3, -0.25) is 14.4 Å². The monoisotopic (exact) mass is 333 g/mol. The number of carbonyl (C=O) groups is 5. The Kier molecular flexibility index (Phi) is 7.30. The molecule has 0 atom stereocenters. The highest BCUT2D eigenvalue weighted by Crippen LogP contribution is 2.12. The summed E-state index contributed by atoms with van der Waals surface area (Å²) in [5.74, 6) is -2.16. The summed E-state index contributed by atoms with van der Waals surface area (Å²) in [5.41, 5.74) is 0. The highest BCUT2D eigenvalue weighted by Gasteiger charge is 2.33. The first-order chi connectivity index (χ1) is 10.9. The largest absolute Gasteiger partial charge is 0.534 e. The first-order valence-electron chi connectivity index (χ1n) is 6.59. The molecule has 128 valence electrons. The van der Waals surface area contributed by atoms with E-state index in [1.54, 1.807) is 6.92 Å². The Morgan fingerprint density at radius 3 is 2.13 bits per heavy atom. The Morgan fingerprint density at radius 1 is 0.913 bits per heavy atom. The fourth-order valence-electron chi connectivity index (χ4n) is 1.36. The summed E-state index contributed by atoms with van der Waals surface area (Å²) < 4.78 is 17.9. The zero-order valence-electron chi connectivity index (χ0n) is 12.3. The summed E-state index contributed by atoms with van der Waals surface area (Å²) in [4.78, 5) is 59.9. The van der Waals surface area contributed by atoms with Crippen molar-refractivity contribution in [2.45, 2.75) is 19.8 Å². The molecule has 0 aromatic carbocycles. The Morgan fingerprint density at radius 2 is 1.52 bits per heavy atom. The molecule has 1 aliphatic heterocycles. The molecule has 11 nitrogen and oxygen atoms in total. The van der Waals surface area contributed by atoms with Gasteiger partial charge < -0.3 is 18.9 Å². The highest BCUT2D eigenvalue weighted by atomic mass is 16.8. The van der Waals surface area contributed by atoms with Gasteiger partial charge in [0.05, 0.1) is 6.61 Å². The van der Waals surface area contributed by atoms with Crippen LogP contribution in [0.4, 0.5) is 9.59 Å². The topological polar surface area (TPSA) is 135 Å². The minimum Gasteiger partial charge on any atom is -0.460 e. The predicted octanol–water partition coefficient (Wildman–Crippen LogP) is -0.0801. The second kappa shape index (κ2) is 9.23. The van der Waals surface area contributed by atoms with E-state index in [2.05, 4.69) is 23.8 Å². The van der Waals surface area contributed by atoms with Gasteiger partial charge in [0.15, 0.2) is 6.61 Å². The van der Waals surface area contributed by atoms with E-state index < -0.39 is 36.7 Å². The number of imide groups is 1. The number of esters is 1. The SMILES string of the molecule is CCOC(=O)OCC(=O)OCCOC(=O)ON1C(=O)CCC1=O. The third kappa shape index (κ3) is 6.63. The van der Waals surface area contributed by atoms with Crippen LogP contribution in [0.25, 0.3) is 0 Å². The van der Waals surface area contributed by atoms with Gasteiger partial charge in [-0.05, 0) is 6.92 Å². The lowest BCUT2D eigenvalue weighted by molar-refractivity contribution is -0.177. The quantitative estimate of drug-likeness (QED) is 0.269. The number of nitrogens with zero attached hydrogens (tertiary/aromatic N) is 1. The van der Waals surface area contributed by atoms with Crippen LogP contribution in [0, 0.1) is 0 Å². The van der Waals surface area contributed by atoms with Gasteiger partial charge in [0.1, 0.15) is 13.2 Å². The van der Waals surface area contributed by atoms with Crippen molar-refractivity contribution < 1.29 is 47.8 Å². The zero-order chi connectivity index (χ0) is 17.2. The molecule has 0 radical (unpaired) electrons. The van der Waals surface area contributed by atoms with Crippen LogP contribution in [0.15, 0.2) is 0 Å². The van der Waals surface area contributed by atoms with Crippen molar-refractivity contribution in [3.05, 3.63) is 0 Å². The fourth-order valence-corrected chi connectivity index (χ4v) is 1.36. The van der Waals surface area contributed by atoms with Gasteiger partial charge in [0.2, 0.25) is 0 Å². The number of ether oxygens (including phenoxy) is 4. The molecule has 0 aromatic rings. The van der Waals surface area contributed by atoms with Gasteiger partial charge in [0, 0.05) is 12.8 Å². The van der Waals surface area contributed by atoms with Crippen LogP contribution in [-0.2, 0) is 38.2 Å². The highest BCUT2D eigenvalue weighted by molar-refractivity contribution is 6.01. The van der Waals surface area contributed by atoms with Crippen molar-refractivity contribution in [2.24, 2.45) is 0 Å². The van der Waals surface area contributed by atoms with Crippen molar-refractivity contribution in [2.75, 3.05) is 26.4 Å². The Labute approximate surface area is 130 Å². The molecule has 0 unspecified atom stereocenters. The molecule has 1 saturated heterocycles. The van der Waals surface area contributed by atoms with Crippen molar-refractivity contribution in [3.63, 3.8) is 0 Å². The number of hydrogen-bond acceptors (Lipinski definition) is 10. The summed E-state index contributed by atoms with van der Waals surface area (Å²) in [5, 5.41) is 0.321. The number of hydrogen-bond donors (Lipinski definition) is 0. The van der Waals surface area contributed by atoms with Crippen LogP contribution in [0.5, 0.6) is 0 Å². The van der Waals surface area contributed by atoms with Crippen molar-refractivity contribution >= 4 is 30.1 Å². The summed E-state index contributed by atoms with van der Waals surface area (Å²) in [6.07, 6.45) is -2.37.